The molecule has 7 nitrogen and oxygen atoms in total. The number of para-hydroxylation sites is 2. The van der Waals surface area contributed by atoms with Crippen molar-refractivity contribution in [2.24, 2.45) is 0 Å². The molecular weight excluding hydrogens is 517 g/mol. The van der Waals surface area contributed by atoms with Gasteiger partial charge in [-0.1, -0.05) is 24.3 Å². The van der Waals surface area contributed by atoms with Gasteiger partial charge in [0.15, 0.2) is 11.5 Å². The van der Waals surface area contributed by atoms with E-state index in [-0.39, 0.29) is 28.8 Å². The van der Waals surface area contributed by atoms with Gasteiger partial charge < -0.3 is 24.4 Å². The lowest BCUT2D eigenvalue weighted by atomic mass is 10.1. The van der Waals surface area contributed by atoms with Crippen molar-refractivity contribution in [3.05, 3.63) is 78.1 Å². The van der Waals surface area contributed by atoms with Gasteiger partial charge in [0.1, 0.15) is 11.6 Å². The molecule has 3 aromatic carbocycles. The van der Waals surface area contributed by atoms with Crippen LogP contribution in [0.2, 0.25) is 0 Å². The molecule has 0 radical (unpaired) electrons. The van der Waals surface area contributed by atoms with Gasteiger partial charge >= 0.3 is 0 Å². The quantitative estimate of drug-likeness (QED) is 0.438. The van der Waals surface area contributed by atoms with E-state index < -0.39 is 0 Å². The first kappa shape index (κ1) is 27.1. The highest BCUT2D eigenvalue weighted by Gasteiger charge is 2.40. The molecule has 9 heteroatoms. The predicted molar refractivity (Wildman–Crippen MR) is 151 cm³/mol. The van der Waals surface area contributed by atoms with Gasteiger partial charge in [0.25, 0.3) is 0 Å². The third-order valence-electron chi connectivity index (χ3n) is 7.47. The zero-order valence-corrected chi connectivity index (χ0v) is 23.1. The van der Waals surface area contributed by atoms with E-state index in [1.807, 2.05) is 52.3 Å². The van der Waals surface area contributed by atoms with E-state index in [0.717, 1.165) is 16.2 Å². The second-order valence-corrected chi connectivity index (χ2v) is 11.2. The minimum atomic E-state index is -0.314. The number of rotatable bonds is 8. The lowest BCUT2D eigenvalue weighted by Gasteiger charge is -2.38. The number of thioether (sulfide) groups is 1. The maximum absolute atomic E-state index is 14.3. The normalized spacial score (nSPS) is 19.8. The smallest absolute Gasteiger partial charge is 0.240 e. The summed E-state index contributed by atoms with van der Waals surface area (Å²) in [7, 11) is 3.18. The third-order valence-corrected chi connectivity index (χ3v) is 8.69. The van der Waals surface area contributed by atoms with Gasteiger partial charge in [0, 0.05) is 55.0 Å². The zero-order valence-electron chi connectivity index (χ0n) is 22.3. The van der Waals surface area contributed by atoms with Crippen LogP contribution < -0.4 is 14.4 Å². The fourth-order valence-corrected chi connectivity index (χ4v) is 6.61. The van der Waals surface area contributed by atoms with Crippen molar-refractivity contribution in [2.75, 3.05) is 51.8 Å². The minimum absolute atomic E-state index is 0.0865. The number of nitrogens with zero attached hydrogens (tertiary/aromatic N) is 3. The number of ether oxygens (including phenoxy) is 2. The average molecular weight is 552 g/mol. The van der Waals surface area contributed by atoms with Crippen LogP contribution in [0.4, 0.5) is 10.1 Å². The zero-order chi connectivity index (χ0) is 27.4. The summed E-state index contributed by atoms with van der Waals surface area (Å²) in [6, 6.07) is 19.9. The average Bonchev–Trinajstić information content (AvgIpc) is 3.36. The number of methoxy groups -OCH3 is 2. The first-order valence-electron chi connectivity index (χ1n) is 13.1. The number of phenolic OH excluding ortho intramolecular Hbond substituents is 1. The van der Waals surface area contributed by atoms with Crippen LogP contribution in [0, 0.1) is 5.82 Å². The van der Waals surface area contributed by atoms with Gasteiger partial charge in [-0.2, -0.15) is 0 Å². The molecule has 1 amide bonds. The molecule has 0 bridgehead atoms. The number of likely N-dealkylation sites (tertiary alicyclic amines) is 1. The fourth-order valence-electron chi connectivity index (χ4n) is 5.39. The van der Waals surface area contributed by atoms with Gasteiger partial charge in [-0.15, -0.1) is 11.8 Å². The highest BCUT2D eigenvalue weighted by molar-refractivity contribution is 8.00. The van der Waals surface area contributed by atoms with Crippen molar-refractivity contribution in [1.29, 1.82) is 0 Å². The molecule has 0 aliphatic carbocycles. The van der Waals surface area contributed by atoms with E-state index in [0.29, 0.717) is 57.1 Å². The Labute approximate surface area is 233 Å². The molecule has 5 rings (SSSR count). The number of benzene rings is 3. The van der Waals surface area contributed by atoms with Crippen LogP contribution in [0.25, 0.3) is 0 Å². The fraction of sp³-hybridized carbons (Fsp3) is 0.367. The molecule has 1 N–H and O–H groups in total. The van der Waals surface area contributed by atoms with Crippen LogP contribution in [0.1, 0.15) is 12.0 Å². The van der Waals surface area contributed by atoms with Crippen molar-refractivity contribution in [2.45, 2.75) is 29.2 Å². The van der Waals surface area contributed by atoms with Crippen molar-refractivity contribution in [1.82, 2.24) is 9.80 Å². The molecule has 0 saturated carbocycles. The van der Waals surface area contributed by atoms with E-state index in [9.17, 15) is 14.3 Å². The Hall–Kier alpha value is -3.43. The highest BCUT2D eigenvalue weighted by Crippen LogP contribution is 2.37. The summed E-state index contributed by atoms with van der Waals surface area (Å²) in [5.74, 6) is 1.18. The number of halogens is 1. The summed E-state index contributed by atoms with van der Waals surface area (Å²) in [5, 5.41) is 10.9. The Kier molecular flexibility index (Phi) is 8.47. The second-order valence-electron chi connectivity index (χ2n) is 9.83. The lowest BCUT2D eigenvalue weighted by Crippen LogP contribution is -2.53. The van der Waals surface area contributed by atoms with E-state index in [4.69, 9.17) is 9.47 Å². The molecule has 0 unspecified atom stereocenters. The van der Waals surface area contributed by atoms with Crippen LogP contribution in [0.5, 0.6) is 17.2 Å². The highest BCUT2D eigenvalue weighted by atomic mass is 32.2. The molecule has 2 heterocycles. The molecular formula is C30H34FN3O4S. The number of hydrogen-bond donors (Lipinski definition) is 1. The Morgan fingerprint density at radius 3 is 2.41 bits per heavy atom. The number of carbonyl (C=O) groups is 1. The minimum Gasteiger partial charge on any atom is -0.504 e. The van der Waals surface area contributed by atoms with Gasteiger partial charge in [0.2, 0.25) is 5.91 Å². The Bertz CT molecular complexity index is 1280. The Balaban J connectivity index is 1.31. The van der Waals surface area contributed by atoms with Crippen LogP contribution in [0.15, 0.2) is 71.6 Å². The molecule has 2 aliphatic heterocycles. The first-order valence-corrected chi connectivity index (χ1v) is 14.0. The monoisotopic (exact) mass is 551 g/mol. The first-order chi connectivity index (χ1) is 19.0. The van der Waals surface area contributed by atoms with Gasteiger partial charge in [-0.25, -0.2) is 4.39 Å². The van der Waals surface area contributed by atoms with Crippen LogP contribution >= 0.6 is 11.8 Å². The van der Waals surface area contributed by atoms with E-state index in [1.165, 1.54) is 13.2 Å². The molecule has 39 heavy (non-hydrogen) atoms. The molecule has 0 spiro atoms. The maximum Gasteiger partial charge on any atom is 0.240 e. The van der Waals surface area contributed by atoms with E-state index in [1.54, 1.807) is 37.1 Å². The maximum atomic E-state index is 14.3. The molecule has 0 aromatic heterocycles. The largest absolute Gasteiger partial charge is 0.504 e. The predicted octanol–water partition coefficient (Wildman–Crippen LogP) is 4.63. The summed E-state index contributed by atoms with van der Waals surface area (Å²) in [6.07, 6.45) is 0.702. The number of phenols is 1. The molecule has 2 atom stereocenters. The molecule has 2 aliphatic rings. The number of carbonyl (C=O) groups excluding carboxylic acids is 1. The number of hydrogen-bond acceptors (Lipinski definition) is 7. The summed E-state index contributed by atoms with van der Waals surface area (Å²) >= 11 is 1.76. The summed E-state index contributed by atoms with van der Waals surface area (Å²) in [6.45, 7) is 3.39. The van der Waals surface area contributed by atoms with E-state index >= 15 is 0 Å². The van der Waals surface area contributed by atoms with Crippen LogP contribution in [-0.2, 0) is 11.3 Å². The number of anilines is 1. The van der Waals surface area contributed by atoms with Crippen molar-refractivity contribution in [3.8, 4) is 17.2 Å². The summed E-state index contributed by atoms with van der Waals surface area (Å²) < 4.78 is 24.9. The standard InChI is InChI=1S/C30H34FN3O4S/c1-37-22-10-12-23(13-11-22)39-24-18-27(34(20-24)19-21-6-5-9-28(38-2)29(21)35)30(36)33-16-14-32(15-17-33)26-8-4-3-7-25(26)31/h3-13,24,27,35H,14-20H2,1-2H3/t24-,27+/m1/s1. The molecule has 206 valence electrons. The lowest BCUT2D eigenvalue weighted by molar-refractivity contribution is -0.136. The number of amides is 1. The summed E-state index contributed by atoms with van der Waals surface area (Å²) in [5.41, 5.74) is 1.31. The van der Waals surface area contributed by atoms with Gasteiger partial charge in [0.05, 0.1) is 25.9 Å². The molecule has 2 fully saturated rings. The Morgan fingerprint density at radius 1 is 0.974 bits per heavy atom. The van der Waals surface area contributed by atoms with Crippen molar-refractivity contribution in [3.63, 3.8) is 0 Å². The van der Waals surface area contributed by atoms with Gasteiger partial charge in [-0.05, 0) is 48.9 Å². The van der Waals surface area contributed by atoms with Crippen LogP contribution in [0.3, 0.4) is 0 Å². The number of aromatic hydroxyl groups is 1. The van der Waals surface area contributed by atoms with Crippen LogP contribution in [-0.4, -0.2) is 79.0 Å². The SMILES string of the molecule is COc1ccc(S[C@@H]2C[C@@H](C(=O)N3CCN(c4ccccc4F)CC3)N(Cc3cccc(OC)c3O)C2)cc1. The molecule has 2 saturated heterocycles. The Morgan fingerprint density at radius 2 is 1.72 bits per heavy atom. The van der Waals surface area contributed by atoms with Crippen molar-refractivity contribution < 1.29 is 23.8 Å². The second kappa shape index (κ2) is 12.2. The van der Waals surface area contributed by atoms with E-state index in [2.05, 4.69) is 4.90 Å². The van der Waals surface area contributed by atoms with Crippen molar-refractivity contribution >= 4 is 23.4 Å². The third kappa shape index (κ3) is 6.09. The van der Waals surface area contributed by atoms with Gasteiger partial charge in [-0.3, -0.25) is 9.69 Å². The topological polar surface area (TPSA) is 65.5 Å². The number of piperazine rings is 1. The summed E-state index contributed by atoms with van der Waals surface area (Å²) in [4.78, 5) is 21.1. The molecule has 3 aromatic rings.